The van der Waals surface area contributed by atoms with Gasteiger partial charge in [0.25, 0.3) is 0 Å². The Balaban J connectivity index is 2.40. The molecule has 0 bridgehead atoms. The highest BCUT2D eigenvalue weighted by Gasteiger charge is 2.27. The quantitative estimate of drug-likeness (QED) is 0.801. The van der Waals surface area contributed by atoms with E-state index in [0.29, 0.717) is 6.54 Å². The zero-order chi connectivity index (χ0) is 14.5. The van der Waals surface area contributed by atoms with Crippen LogP contribution in [0, 0.1) is 5.41 Å². The van der Waals surface area contributed by atoms with Gasteiger partial charge in [0.1, 0.15) is 0 Å². The molecule has 1 unspecified atom stereocenters. The third-order valence-electron chi connectivity index (χ3n) is 3.44. The predicted octanol–water partition coefficient (Wildman–Crippen LogP) is 1.90. The lowest BCUT2D eigenvalue weighted by molar-refractivity contribution is -0.141. The number of carbonyl (C=O) groups excluding carboxylic acids is 1. The van der Waals surface area contributed by atoms with E-state index >= 15 is 0 Å². The fraction of sp³-hybridized carbons (Fsp3) is 0.857. The molecule has 1 heterocycles. The molecule has 0 aromatic rings. The maximum absolute atomic E-state index is 12.1. The second kappa shape index (κ2) is 6.89. The molecule has 1 N–H and O–H groups in total. The summed E-state index contributed by atoms with van der Waals surface area (Å²) in [6, 6.07) is 0. The molecule has 1 amide bonds. The van der Waals surface area contributed by atoms with Gasteiger partial charge >= 0.3 is 5.97 Å². The number of aliphatic carboxylic acids is 1. The number of carboxylic acids is 1. The molecule has 0 saturated carbocycles. The van der Waals surface area contributed by atoms with Crippen molar-refractivity contribution in [2.24, 2.45) is 5.41 Å². The van der Waals surface area contributed by atoms with Gasteiger partial charge in [-0.2, -0.15) is 0 Å². The summed E-state index contributed by atoms with van der Waals surface area (Å²) < 4.78 is 5.61. The third kappa shape index (κ3) is 6.05. The van der Waals surface area contributed by atoms with E-state index in [4.69, 9.17) is 9.84 Å². The average Bonchev–Trinajstić information content (AvgIpc) is 2.27. The van der Waals surface area contributed by atoms with Gasteiger partial charge in [0.05, 0.1) is 12.5 Å². The molecule has 19 heavy (non-hydrogen) atoms. The van der Waals surface area contributed by atoms with E-state index in [0.717, 1.165) is 25.9 Å². The highest BCUT2D eigenvalue weighted by atomic mass is 16.5. The molecule has 5 heteroatoms. The zero-order valence-electron chi connectivity index (χ0n) is 12.1. The molecule has 1 atom stereocenters. The first-order valence-electron chi connectivity index (χ1n) is 6.87. The summed E-state index contributed by atoms with van der Waals surface area (Å²) in [5, 5.41) is 8.82. The van der Waals surface area contributed by atoms with Gasteiger partial charge in [-0.3, -0.25) is 9.59 Å². The minimum atomic E-state index is -0.865. The van der Waals surface area contributed by atoms with Crippen LogP contribution in [0.4, 0.5) is 0 Å². The number of amides is 1. The first-order valence-corrected chi connectivity index (χ1v) is 6.87. The predicted molar refractivity (Wildman–Crippen MR) is 71.9 cm³/mol. The summed E-state index contributed by atoms with van der Waals surface area (Å²) in [7, 11) is 1.76. The second-order valence-electron chi connectivity index (χ2n) is 6.17. The molecule has 0 radical (unpaired) electrons. The van der Waals surface area contributed by atoms with Crippen LogP contribution in [-0.2, 0) is 14.3 Å². The molecule has 5 nitrogen and oxygen atoms in total. The smallest absolute Gasteiger partial charge is 0.303 e. The molecule has 1 rings (SSSR count). The fourth-order valence-electron chi connectivity index (χ4n) is 2.37. The number of rotatable bonds is 6. The number of nitrogens with zero attached hydrogens (tertiary/aromatic N) is 1. The number of ether oxygens (including phenoxy) is 1. The molecule has 0 aliphatic carbocycles. The molecule has 1 saturated heterocycles. The molecular weight excluding hydrogens is 246 g/mol. The lowest BCUT2D eigenvalue weighted by Crippen LogP contribution is -2.39. The van der Waals surface area contributed by atoms with Crippen LogP contribution in [0.5, 0.6) is 0 Å². The monoisotopic (exact) mass is 271 g/mol. The minimum Gasteiger partial charge on any atom is -0.481 e. The first kappa shape index (κ1) is 16.0. The number of hydrogen-bond donors (Lipinski definition) is 1. The van der Waals surface area contributed by atoms with Gasteiger partial charge in [-0.25, -0.2) is 0 Å². The average molecular weight is 271 g/mol. The van der Waals surface area contributed by atoms with Gasteiger partial charge in [0.2, 0.25) is 5.91 Å². The summed E-state index contributed by atoms with van der Waals surface area (Å²) in [5.74, 6) is -0.878. The Labute approximate surface area is 114 Å². The highest BCUT2D eigenvalue weighted by Crippen LogP contribution is 2.26. The number of likely N-dealkylation sites (N-methyl/N-ethyl adjacent to an activating group) is 1. The van der Waals surface area contributed by atoms with Crippen LogP contribution < -0.4 is 0 Å². The number of hydrogen-bond acceptors (Lipinski definition) is 3. The summed E-state index contributed by atoms with van der Waals surface area (Å²) in [6.45, 7) is 4.99. The molecule has 110 valence electrons. The van der Waals surface area contributed by atoms with Crippen molar-refractivity contribution in [3.05, 3.63) is 0 Å². The standard InChI is InChI=1S/C14H25NO4/c1-14(2,9-13(17)18)8-12(16)15(3)10-11-6-4-5-7-19-11/h11H,4-10H2,1-3H3,(H,17,18). The van der Waals surface area contributed by atoms with Gasteiger partial charge in [0.15, 0.2) is 0 Å². The number of carboxylic acid groups (broad SMARTS) is 1. The lowest BCUT2D eigenvalue weighted by atomic mass is 9.85. The highest BCUT2D eigenvalue weighted by molar-refractivity contribution is 5.77. The lowest BCUT2D eigenvalue weighted by Gasteiger charge is -2.30. The van der Waals surface area contributed by atoms with E-state index in [1.54, 1.807) is 11.9 Å². The molecule has 1 aliphatic heterocycles. The Morgan fingerprint density at radius 2 is 2.00 bits per heavy atom. The van der Waals surface area contributed by atoms with E-state index in [9.17, 15) is 9.59 Å². The van der Waals surface area contributed by atoms with Gasteiger partial charge in [0, 0.05) is 26.6 Å². The molecular formula is C14H25NO4. The normalized spacial score (nSPS) is 20.1. The van der Waals surface area contributed by atoms with Crippen molar-refractivity contribution in [3.63, 3.8) is 0 Å². The summed E-state index contributed by atoms with van der Waals surface area (Å²) >= 11 is 0. The van der Waals surface area contributed by atoms with Crippen LogP contribution in [0.2, 0.25) is 0 Å². The van der Waals surface area contributed by atoms with E-state index < -0.39 is 11.4 Å². The second-order valence-corrected chi connectivity index (χ2v) is 6.17. The summed E-state index contributed by atoms with van der Waals surface area (Å²) in [6.07, 6.45) is 3.63. The number of carbonyl (C=O) groups is 2. The van der Waals surface area contributed by atoms with E-state index in [-0.39, 0.29) is 24.9 Å². The van der Waals surface area contributed by atoms with Gasteiger partial charge in [-0.05, 0) is 24.7 Å². The van der Waals surface area contributed by atoms with Crippen LogP contribution in [0.3, 0.4) is 0 Å². The van der Waals surface area contributed by atoms with Crippen molar-refractivity contribution in [3.8, 4) is 0 Å². The minimum absolute atomic E-state index is 0.00646. The van der Waals surface area contributed by atoms with Crippen LogP contribution in [-0.4, -0.2) is 48.2 Å². The topological polar surface area (TPSA) is 66.8 Å². The third-order valence-corrected chi connectivity index (χ3v) is 3.44. The van der Waals surface area contributed by atoms with Gasteiger partial charge < -0.3 is 14.7 Å². The van der Waals surface area contributed by atoms with Crippen molar-refractivity contribution >= 4 is 11.9 Å². The van der Waals surface area contributed by atoms with Crippen molar-refractivity contribution in [1.82, 2.24) is 4.90 Å². The fourth-order valence-corrected chi connectivity index (χ4v) is 2.37. The van der Waals surface area contributed by atoms with Crippen molar-refractivity contribution in [2.45, 2.75) is 52.1 Å². The van der Waals surface area contributed by atoms with Crippen LogP contribution in [0.1, 0.15) is 46.0 Å². The van der Waals surface area contributed by atoms with Gasteiger partial charge in [-0.1, -0.05) is 13.8 Å². The maximum atomic E-state index is 12.1. The molecule has 0 spiro atoms. The molecule has 1 aliphatic rings. The summed E-state index contributed by atoms with van der Waals surface area (Å²) in [4.78, 5) is 24.5. The van der Waals surface area contributed by atoms with E-state index in [2.05, 4.69) is 0 Å². The van der Waals surface area contributed by atoms with Crippen LogP contribution in [0.25, 0.3) is 0 Å². The van der Waals surface area contributed by atoms with Gasteiger partial charge in [-0.15, -0.1) is 0 Å². The maximum Gasteiger partial charge on any atom is 0.303 e. The Kier molecular flexibility index (Phi) is 5.79. The molecule has 0 aromatic heterocycles. The Bertz CT molecular complexity index is 321. The van der Waals surface area contributed by atoms with Crippen molar-refractivity contribution in [1.29, 1.82) is 0 Å². The summed E-state index contributed by atoms with van der Waals surface area (Å²) in [5.41, 5.74) is -0.509. The van der Waals surface area contributed by atoms with Crippen LogP contribution in [0.15, 0.2) is 0 Å². The largest absolute Gasteiger partial charge is 0.481 e. The molecule has 1 fully saturated rings. The van der Waals surface area contributed by atoms with Crippen LogP contribution >= 0.6 is 0 Å². The first-order chi connectivity index (χ1) is 8.80. The Hall–Kier alpha value is -1.10. The van der Waals surface area contributed by atoms with Crippen molar-refractivity contribution in [2.75, 3.05) is 20.2 Å². The Morgan fingerprint density at radius 3 is 2.53 bits per heavy atom. The molecule has 0 aromatic carbocycles. The van der Waals surface area contributed by atoms with Crippen molar-refractivity contribution < 1.29 is 19.4 Å². The zero-order valence-corrected chi connectivity index (χ0v) is 12.1. The Morgan fingerprint density at radius 1 is 1.32 bits per heavy atom. The van der Waals surface area contributed by atoms with E-state index in [1.165, 1.54) is 0 Å². The SMILES string of the molecule is CN(CC1CCCCO1)C(=O)CC(C)(C)CC(=O)O. The van der Waals surface area contributed by atoms with E-state index in [1.807, 2.05) is 13.8 Å².